The lowest BCUT2D eigenvalue weighted by molar-refractivity contribution is 0.336. The van der Waals surface area contributed by atoms with E-state index in [0.29, 0.717) is 18.3 Å². The maximum absolute atomic E-state index is 5.62. The summed E-state index contributed by atoms with van der Waals surface area (Å²) in [6.45, 7) is 7.40. The summed E-state index contributed by atoms with van der Waals surface area (Å²) in [4.78, 5) is 0. The van der Waals surface area contributed by atoms with Crippen LogP contribution < -0.4 is 15.4 Å². The molecule has 0 aromatic heterocycles. The maximum atomic E-state index is 5.62. The van der Waals surface area contributed by atoms with Crippen molar-refractivity contribution in [1.29, 1.82) is 0 Å². The molecule has 116 valence electrons. The van der Waals surface area contributed by atoms with Gasteiger partial charge in [0.1, 0.15) is 5.75 Å². The summed E-state index contributed by atoms with van der Waals surface area (Å²) in [5.41, 5.74) is 4.51. The van der Waals surface area contributed by atoms with E-state index in [2.05, 4.69) is 42.7 Å². The summed E-state index contributed by atoms with van der Waals surface area (Å²) in [5, 5.41) is 7.10. The Morgan fingerprint density at radius 1 is 1.14 bits per heavy atom. The highest BCUT2D eigenvalue weighted by atomic mass is 32.1. The molecular weight excluding hydrogens is 292 g/mol. The molecule has 0 saturated carbocycles. The molecule has 0 aliphatic heterocycles. The molecule has 0 unspecified atom stereocenters. The highest BCUT2D eigenvalue weighted by Gasteiger charge is 2.05. The molecule has 0 heterocycles. The smallest absolute Gasteiger partial charge is 0.171 e. The fraction of sp³-hybridized carbons (Fsp3) is 0.278. The van der Waals surface area contributed by atoms with Crippen molar-refractivity contribution in [1.82, 2.24) is 5.32 Å². The number of benzene rings is 2. The first kappa shape index (κ1) is 16.3. The quantitative estimate of drug-likeness (QED) is 0.811. The van der Waals surface area contributed by atoms with Crippen LogP contribution in [0.2, 0.25) is 0 Å². The van der Waals surface area contributed by atoms with Crippen LogP contribution in [0, 0.1) is 13.8 Å². The number of hydrogen-bond donors (Lipinski definition) is 2. The zero-order valence-electron chi connectivity index (χ0n) is 13.3. The molecule has 2 aromatic carbocycles. The first-order valence-corrected chi connectivity index (χ1v) is 7.83. The number of rotatable bonds is 5. The predicted octanol–water partition coefficient (Wildman–Crippen LogP) is 4.19. The molecule has 0 radical (unpaired) electrons. The molecule has 0 spiro atoms. The number of nitrogens with one attached hydrogen (secondary N) is 2. The summed E-state index contributed by atoms with van der Waals surface area (Å²) in [6, 6.07) is 14.3. The molecule has 22 heavy (non-hydrogen) atoms. The standard InChI is InChI=1S/C18H22N2OS/c1-4-21-17-8-6-5-7-15(17)12-19-18(22)20-16-11-13(2)9-10-14(16)3/h5-11H,4,12H2,1-3H3,(H2,19,20,22). The van der Waals surface area contributed by atoms with Crippen LogP contribution >= 0.6 is 12.2 Å². The van der Waals surface area contributed by atoms with Gasteiger partial charge in [0, 0.05) is 17.8 Å². The zero-order chi connectivity index (χ0) is 15.9. The number of anilines is 1. The fourth-order valence-corrected chi connectivity index (χ4v) is 2.34. The molecule has 3 nitrogen and oxygen atoms in total. The molecule has 0 amide bonds. The predicted molar refractivity (Wildman–Crippen MR) is 96.6 cm³/mol. The van der Waals surface area contributed by atoms with Gasteiger partial charge in [-0.1, -0.05) is 30.3 Å². The Labute approximate surface area is 137 Å². The minimum Gasteiger partial charge on any atom is -0.494 e. The second kappa shape index (κ2) is 7.80. The van der Waals surface area contributed by atoms with Gasteiger partial charge in [-0.15, -0.1) is 0 Å². The van der Waals surface area contributed by atoms with Crippen LogP contribution in [0.4, 0.5) is 5.69 Å². The van der Waals surface area contributed by atoms with Gasteiger partial charge in [-0.2, -0.15) is 0 Å². The molecule has 0 bridgehead atoms. The van der Waals surface area contributed by atoms with Crippen molar-refractivity contribution >= 4 is 23.0 Å². The number of hydrogen-bond acceptors (Lipinski definition) is 2. The van der Waals surface area contributed by atoms with Crippen molar-refractivity contribution in [2.24, 2.45) is 0 Å². The van der Waals surface area contributed by atoms with Gasteiger partial charge in [-0.3, -0.25) is 0 Å². The SMILES string of the molecule is CCOc1ccccc1CNC(=S)Nc1cc(C)ccc1C. The van der Waals surface area contributed by atoms with Gasteiger partial charge < -0.3 is 15.4 Å². The molecule has 0 atom stereocenters. The Hall–Kier alpha value is -2.07. The average Bonchev–Trinajstić information content (AvgIpc) is 2.50. The third-order valence-electron chi connectivity index (χ3n) is 3.35. The largest absolute Gasteiger partial charge is 0.494 e. The molecular formula is C18H22N2OS. The Morgan fingerprint density at radius 3 is 2.68 bits per heavy atom. The summed E-state index contributed by atoms with van der Waals surface area (Å²) < 4.78 is 5.62. The molecule has 2 N–H and O–H groups in total. The van der Waals surface area contributed by atoms with Crippen LogP contribution in [-0.4, -0.2) is 11.7 Å². The molecule has 0 aliphatic rings. The molecule has 2 aromatic rings. The highest BCUT2D eigenvalue weighted by Crippen LogP contribution is 2.18. The number of para-hydroxylation sites is 1. The van der Waals surface area contributed by atoms with Crippen molar-refractivity contribution in [3.63, 3.8) is 0 Å². The van der Waals surface area contributed by atoms with Gasteiger partial charge in [0.05, 0.1) is 6.61 Å². The summed E-state index contributed by atoms with van der Waals surface area (Å²) in [7, 11) is 0. The first-order chi connectivity index (χ1) is 10.6. The molecule has 0 fully saturated rings. The Morgan fingerprint density at radius 2 is 1.91 bits per heavy atom. The Bertz CT molecular complexity index is 655. The summed E-state index contributed by atoms with van der Waals surface area (Å²) >= 11 is 5.38. The van der Waals surface area contributed by atoms with Gasteiger partial charge in [0.2, 0.25) is 0 Å². The third-order valence-corrected chi connectivity index (χ3v) is 3.60. The van der Waals surface area contributed by atoms with Crippen molar-refractivity contribution in [3.8, 4) is 5.75 Å². The normalized spacial score (nSPS) is 10.1. The van der Waals surface area contributed by atoms with Gasteiger partial charge >= 0.3 is 0 Å². The van der Waals surface area contributed by atoms with Gasteiger partial charge in [0.15, 0.2) is 5.11 Å². The van der Waals surface area contributed by atoms with Gasteiger partial charge in [-0.25, -0.2) is 0 Å². The number of aryl methyl sites for hydroxylation is 2. The second-order valence-corrected chi connectivity index (χ2v) is 5.58. The van der Waals surface area contributed by atoms with Crippen molar-refractivity contribution in [2.45, 2.75) is 27.3 Å². The van der Waals surface area contributed by atoms with Crippen LogP contribution in [0.15, 0.2) is 42.5 Å². The average molecular weight is 314 g/mol. The Balaban J connectivity index is 1.97. The van der Waals surface area contributed by atoms with Crippen molar-refractivity contribution in [2.75, 3.05) is 11.9 Å². The van der Waals surface area contributed by atoms with E-state index >= 15 is 0 Å². The van der Waals surface area contributed by atoms with E-state index in [1.165, 1.54) is 11.1 Å². The molecule has 4 heteroatoms. The van der Waals surface area contributed by atoms with Crippen LogP contribution in [0.5, 0.6) is 5.75 Å². The van der Waals surface area contributed by atoms with Gasteiger partial charge in [0.25, 0.3) is 0 Å². The maximum Gasteiger partial charge on any atom is 0.171 e. The minimum atomic E-state index is 0.611. The number of thiocarbonyl (C=S) groups is 1. The monoisotopic (exact) mass is 314 g/mol. The minimum absolute atomic E-state index is 0.611. The lowest BCUT2D eigenvalue weighted by Gasteiger charge is -2.15. The lowest BCUT2D eigenvalue weighted by Crippen LogP contribution is -2.28. The molecule has 0 saturated heterocycles. The van der Waals surface area contributed by atoms with E-state index in [0.717, 1.165) is 17.0 Å². The van der Waals surface area contributed by atoms with E-state index in [1.807, 2.05) is 31.2 Å². The van der Waals surface area contributed by atoms with E-state index in [-0.39, 0.29) is 0 Å². The van der Waals surface area contributed by atoms with Crippen LogP contribution in [-0.2, 0) is 6.54 Å². The van der Waals surface area contributed by atoms with Crippen molar-refractivity contribution in [3.05, 3.63) is 59.2 Å². The van der Waals surface area contributed by atoms with E-state index in [4.69, 9.17) is 17.0 Å². The molecule has 0 aliphatic carbocycles. The van der Waals surface area contributed by atoms with Crippen LogP contribution in [0.1, 0.15) is 23.6 Å². The van der Waals surface area contributed by atoms with E-state index < -0.39 is 0 Å². The summed E-state index contributed by atoms with van der Waals surface area (Å²) in [6.07, 6.45) is 0. The lowest BCUT2D eigenvalue weighted by atomic mass is 10.1. The first-order valence-electron chi connectivity index (χ1n) is 7.43. The third kappa shape index (κ3) is 4.46. The van der Waals surface area contributed by atoms with Gasteiger partial charge in [-0.05, 0) is 56.2 Å². The Kier molecular flexibility index (Phi) is 5.78. The van der Waals surface area contributed by atoms with Crippen LogP contribution in [0.3, 0.4) is 0 Å². The van der Waals surface area contributed by atoms with E-state index in [1.54, 1.807) is 0 Å². The van der Waals surface area contributed by atoms with Crippen LogP contribution in [0.25, 0.3) is 0 Å². The fourth-order valence-electron chi connectivity index (χ4n) is 2.16. The topological polar surface area (TPSA) is 33.3 Å². The zero-order valence-corrected chi connectivity index (χ0v) is 14.1. The second-order valence-electron chi connectivity index (χ2n) is 5.17. The highest BCUT2D eigenvalue weighted by molar-refractivity contribution is 7.80. The van der Waals surface area contributed by atoms with Crippen molar-refractivity contribution < 1.29 is 4.74 Å². The molecule has 2 rings (SSSR count). The van der Waals surface area contributed by atoms with E-state index in [9.17, 15) is 0 Å². The summed E-state index contributed by atoms with van der Waals surface area (Å²) in [5.74, 6) is 0.895. The number of ether oxygens (including phenoxy) is 1.